The second-order valence-electron chi connectivity index (χ2n) is 5.69. The van der Waals surface area contributed by atoms with E-state index in [1.807, 2.05) is 18.8 Å². The summed E-state index contributed by atoms with van der Waals surface area (Å²) in [5.41, 5.74) is 1.31. The molecule has 1 aromatic rings. The van der Waals surface area contributed by atoms with Crippen molar-refractivity contribution >= 4 is 17.7 Å². The number of nitrogens with zero attached hydrogens (tertiary/aromatic N) is 2. The predicted molar refractivity (Wildman–Crippen MR) is 94.8 cm³/mol. The molecular weight excluding hydrogens is 294 g/mol. The summed E-state index contributed by atoms with van der Waals surface area (Å²) in [7, 11) is 3.64. The number of hydrogen-bond donors (Lipinski definition) is 1. The quantitative estimate of drug-likeness (QED) is 0.378. The van der Waals surface area contributed by atoms with Crippen molar-refractivity contribution in [2.75, 3.05) is 46.2 Å². The fourth-order valence-electron chi connectivity index (χ4n) is 2.70. The first-order valence-corrected chi connectivity index (χ1v) is 8.85. The Balaban J connectivity index is 1.70. The number of thioether (sulfide) groups is 1. The maximum atomic E-state index is 5.25. The van der Waals surface area contributed by atoms with E-state index in [9.17, 15) is 0 Å². The number of methoxy groups -OCH3 is 1. The van der Waals surface area contributed by atoms with Crippen LogP contribution in [-0.4, -0.2) is 57.0 Å². The van der Waals surface area contributed by atoms with Crippen LogP contribution in [0.2, 0.25) is 0 Å². The minimum absolute atomic E-state index is 0.630. The monoisotopic (exact) mass is 321 g/mol. The van der Waals surface area contributed by atoms with Crippen molar-refractivity contribution in [1.82, 2.24) is 10.2 Å². The molecule has 0 radical (unpaired) electrons. The Bertz CT molecular complexity index is 475. The topological polar surface area (TPSA) is 36.9 Å². The van der Waals surface area contributed by atoms with Crippen LogP contribution in [0.3, 0.4) is 0 Å². The Hall–Kier alpha value is -1.20. The van der Waals surface area contributed by atoms with Gasteiger partial charge in [0.1, 0.15) is 0 Å². The first-order valence-electron chi connectivity index (χ1n) is 7.87. The molecule has 1 unspecified atom stereocenters. The third kappa shape index (κ3) is 5.21. The zero-order valence-electron chi connectivity index (χ0n) is 13.8. The first kappa shape index (κ1) is 17.2. The fraction of sp³-hybridized carbons (Fsp3) is 0.588. The molecule has 1 heterocycles. The number of hydrogen-bond acceptors (Lipinski definition) is 3. The van der Waals surface area contributed by atoms with Gasteiger partial charge < -0.3 is 15.0 Å². The number of aliphatic imine (C=N–C) groups is 1. The molecule has 2 rings (SSSR count). The van der Waals surface area contributed by atoms with Gasteiger partial charge in [-0.05, 0) is 25.5 Å². The van der Waals surface area contributed by atoms with Crippen molar-refractivity contribution in [2.45, 2.75) is 18.2 Å². The number of benzene rings is 1. The standard InChI is InChI=1S/C17H27N3OS/c1-14-4-6-16(7-5-14)22-11-9-19-17(18-2)20-10-8-15(12-20)13-21-3/h4-7,15H,8-13H2,1-3H3,(H,18,19). The van der Waals surface area contributed by atoms with Crippen LogP contribution < -0.4 is 5.32 Å². The summed E-state index contributed by atoms with van der Waals surface area (Å²) < 4.78 is 5.25. The highest BCUT2D eigenvalue weighted by molar-refractivity contribution is 7.99. The van der Waals surface area contributed by atoms with E-state index < -0.39 is 0 Å². The van der Waals surface area contributed by atoms with Crippen molar-refractivity contribution < 1.29 is 4.74 Å². The zero-order chi connectivity index (χ0) is 15.8. The van der Waals surface area contributed by atoms with E-state index in [-0.39, 0.29) is 0 Å². The van der Waals surface area contributed by atoms with Gasteiger partial charge in [0.25, 0.3) is 0 Å². The average molecular weight is 321 g/mol. The Morgan fingerprint density at radius 3 is 2.86 bits per heavy atom. The van der Waals surface area contributed by atoms with E-state index in [0.29, 0.717) is 5.92 Å². The maximum Gasteiger partial charge on any atom is 0.193 e. The minimum Gasteiger partial charge on any atom is -0.384 e. The van der Waals surface area contributed by atoms with E-state index >= 15 is 0 Å². The first-order chi connectivity index (χ1) is 10.7. The van der Waals surface area contributed by atoms with Crippen molar-refractivity contribution in [3.63, 3.8) is 0 Å². The maximum absolute atomic E-state index is 5.25. The molecule has 1 N–H and O–H groups in total. The lowest BCUT2D eigenvalue weighted by atomic mass is 10.1. The van der Waals surface area contributed by atoms with Crippen molar-refractivity contribution in [1.29, 1.82) is 0 Å². The Morgan fingerprint density at radius 2 is 2.18 bits per heavy atom. The zero-order valence-corrected chi connectivity index (χ0v) is 14.7. The molecule has 0 bridgehead atoms. The molecule has 5 heteroatoms. The predicted octanol–water partition coefficient (Wildman–Crippen LogP) is 2.63. The van der Waals surface area contributed by atoms with Crippen LogP contribution in [0.15, 0.2) is 34.2 Å². The van der Waals surface area contributed by atoms with E-state index in [1.165, 1.54) is 16.9 Å². The third-order valence-electron chi connectivity index (χ3n) is 3.87. The van der Waals surface area contributed by atoms with E-state index in [2.05, 4.69) is 46.4 Å². The molecular formula is C17H27N3OS. The van der Waals surface area contributed by atoms with Crippen LogP contribution >= 0.6 is 11.8 Å². The van der Waals surface area contributed by atoms with Gasteiger partial charge >= 0.3 is 0 Å². The summed E-state index contributed by atoms with van der Waals surface area (Å²) in [6.07, 6.45) is 1.19. The number of ether oxygens (including phenoxy) is 1. The molecule has 1 aliphatic rings. The molecule has 0 aromatic heterocycles. The summed E-state index contributed by atoms with van der Waals surface area (Å²) in [5, 5.41) is 3.47. The van der Waals surface area contributed by atoms with E-state index in [1.54, 1.807) is 7.11 Å². The summed E-state index contributed by atoms with van der Waals surface area (Å²) >= 11 is 1.88. The highest BCUT2D eigenvalue weighted by Crippen LogP contribution is 2.18. The summed E-state index contributed by atoms with van der Waals surface area (Å²) in [5.74, 6) is 2.69. The van der Waals surface area contributed by atoms with Gasteiger partial charge in [-0.1, -0.05) is 17.7 Å². The number of rotatable bonds is 6. The Kier molecular flexibility index (Phi) is 7.06. The molecule has 0 saturated carbocycles. The van der Waals surface area contributed by atoms with E-state index in [4.69, 9.17) is 4.74 Å². The van der Waals surface area contributed by atoms with Gasteiger partial charge in [0.05, 0.1) is 6.61 Å². The van der Waals surface area contributed by atoms with Crippen molar-refractivity contribution in [3.8, 4) is 0 Å². The second-order valence-corrected chi connectivity index (χ2v) is 6.86. The molecule has 22 heavy (non-hydrogen) atoms. The lowest BCUT2D eigenvalue weighted by Gasteiger charge is -2.21. The van der Waals surface area contributed by atoms with Gasteiger partial charge in [0, 0.05) is 50.4 Å². The lowest BCUT2D eigenvalue weighted by Crippen LogP contribution is -2.41. The van der Waals surface area contributed by atoms with Crippen LogP contribution in [0.25, 0.3) is 0 Å². The molecule has 1 atom stereocenters. The third-order valence-corrected chi connectivity index (χ3v) is 4.89. The summed E-state index contributed by atoms with van der Waals surface area (Å²) in [6.45, 7) is 6.00. The van der Waals surface area contributed by atoms with Gasteiger partial charge in [-0.3, -0.25) is 4.99 Å². The molecule has 0 aliphatic carbocycles. The summed E-state index contributed by atoms with van der Waals surface area (Å²) in [6, 6.07) is 8.69. The lowest BCUT2D eigenvalue weighted by molar-refractivity contribution is 0.157. The Morgan fingerprint density at radius 1 is 1.41 bits per heavy atom. The normalized spacial score (nSPS) is 18.8. The molecule has 1 saturated heterocycles. The molecule has 0 amide bonds. The number of aryl methyl sites for hydroxylation is 1. The van der Waals surface area contributed by atoms with Crippen LogP contribution in [0.5, 0.6) is 0 Å². The highest BCUT2D eigenvalue weighted by Gasteiger charge is 2.24. The fourth-order valence-corrected chi connectivity index (χ4v) is 3.46. The van der Waals surface area contributed by atoms with Crippen molar-refractivity contribution in [2.24, 2.45) is 10.9 Å². The SMILES string of the molecule is CN=C(NCCSc1ccc(C)cc1)N1CCC(COC)C1. The average Bonchev–Trinajstić information content (AvgIpc) is 2.98. The molecule has 4 nitrogen and oxygen atoms in total. The number of guanidine groups is 1. The highest BCUT2D eigenvalue weighted by atomic mass is 32.2. The van der Waals surface area contributed by atoms with Crippen LogP contribution in [0, 0.1) is 12.8 Å². The van der Waals surface area contributed by atoms with Crippen molar-refractivity contribution in [3.05, 3.63) is 29.8 Å². The smallest absolute Gasteiger partial charge is 0.193 e. The van der Waals surface area contributed by atoms with Crippen LogP contribution in [0.4, 0.5) is 0 Å². The number of likely N-dealkylation sites (tertiary alicyclic amines) is 1. The molecule has 1 aromatic carbocycles. The van der Waals surface area contributed by atoms with Gasteiger partial charge in [0.15, 0.2) is 5.96 Å². The van der Waals surface area contributed by atoms with Gasteiger partial charge in [-0.2, -0.15) is 0 Å². The molecule has 1 aliphatic heterocycles. The summed E-state index contributed by atoms with van der Waals surface area (Å²) in [4.78, 5) is 8.06. The largest absolute Gasteiger partial charge is 0.384 e. The molecule has 1 fully saturated rings. The minimum atomic E-state index is 0.630. The second kappa shape index (κ2) is 9.06. The van der Waals surface area contributed by atoms with E-state index in [0.717, 1.165) is 38.0 Å². The Labute approximate surface area is 138 Å². The van der Waals surface area contributed by atoms with Gasteiger partial charge in [-0.25, -0.2) is 0 Å². The molecule has 0 spiro atoms. The van der Waals surface area contributed by atoms with Crippen LogP contribution in [-0.2, 0) is 4.74 Å². The van der Waals surface area contributed by atoms with Crippen LogP contribution in [0.1, 0.15) is 12.0 Å². The van der Waals surface area contributed by atoms with Gasteiger partial charge in [0.2, 0.25) is 0 Å². The van der Waals surface area contributed by atoms with Gasteiger partial charge in [-0.15, -0.1) is 11.8 Å². The molecule has 122 valence electrons. The number of nitrogens with one attached hydrogen (secondary N) is 1.